The first-order chi connectivity index (χ1) is 6.92. The fraction of sp³-hybridized carbons (Fsp3) is 0.417. The zero-order valence-corrected chi connectivity index (χ0v) is 8.63. The van der Waals surface area contributed by atoms with E-state index in [0.717, 1.165) is 0 Å². The highest BCUT2D eigenvalue weighted by molar-refractivity contribution is 5.89. The molecule has 1 aliphatic carbocycles. The molecule has 1 aromatic rings. The first kappa shape index (κ1) is 10.3. The van der Waals surface area contributed by atoms with Gasteiger partial charge in [0.05, 0.1) is 5.92 Å². The molecule has 0 saturated heterocycles. The van der Waals surface area contributed by atoms with Crippen molar-refractivity contribution in [2.75, 3.05) is 0 Å². The van der Waals surface area contributed by atoms with E-state index in [9.17, 15) is 13.6 Å². The van der Waals surface area contributed by atoms with E-state index in [1.165, 1.54) is 13.8 Å². The van der Waals surface area contributed by atoms with E-state index in [0.29, 0.717) is 5.56 Å². The van der Waals surface area contributed by atoms with Crippen molar-refractivity contribution < 1.29 is 13.6 Å². The van der Waals surface area contributed by atoms with Gasteiger partial charge in [-0.05, 0) is 19.4 Å². The Morgan fingerprint density at radius 3 is 2.20 bits per heavy atom. The summed E-state index contributed by atoms with van der Waals surface area (Å²) in [7, 11) is 0. The number of rotatable bonds is 2. The molecule has 0 aliphatic heterocycles. The minimum Gasteiger partial charge on any atom is -0.299 e. The molecule has 0 heterocycles. The summed E-state index contributed by atoms with van der Waals surface area (Å²) in [5, 5.41) is 0. The Hall–Kier alpha value is -1.25. The van der Waals surface area contributed by atoms with E-state index in [1.54, 1.807) is 30.3 Å². The Balaban J connectivity index is 2.39. The second-order valence-electron chi connectivity index (χ2n) is 4.23. The van der Waals surface area contributed by atoms with Crippen LogP contribution < -0.4 is 0 Å². The third-order valence-electron chi connectivity index (χ3n) is 3.41. The van der Waals surface area contributed by atoms with Crippen LogP contribution in [0.1, 0.15) is 25.3 Å². The fourth-order valence-electron chi connectivity index (χ4n) is 2.16. The number of ketones is 1. The lowest BCUT2D eigenvalue weighted by Gasteiger charge is -2.03. The van der Waals surface area contributed by atoms with Crippen LogP contribution >= 0.6 is 0 Å². The topological polar surface area (TPSA) is 17.1 Å². The Kier molecular flexibility index (Phi) is 1.97. The molecule has 0 N–H and O–H groups in total. The molecule has 1 fully saturated rings. The highest BCUT2D eigenvalue weighted by Gasteiger charge is 2.80. The third kappa shape index (κ3) is 1.15. The van der Waals surface area contributed by atoms with E-state index in [1.807, 2.05) is 0 Å². The lowest BCUT2D eigenvalue weighted by atomic mass is 9.97. The summed E-state index contributed by atoms with van der Waals surface area (Å²) < 4.78 is 27.1. The molecule has 0 aromatic heterocycles. The van der Waals surface area contributed by atoms with E-state index >= 15 is 0 Å². The van der Waals surface area contributed by atoms with Crippen LogP contribution in [0.25, 0.3) is 0 Å². The smallest absolute Gasteiger partial charge is 0.268 e. The van der Waals surface area contributed by atoms with Gasteiger partial charge < -0.3 is 0 Å². The molecule has 15 heavy (non-hydrogen) atoms. The SMILES string of the molecule is CC(=O)[C@]1(C)[C@H](c2ccccc2)C1(F)F. The van der Waals surface area contributed by atoms with Crippen molar-refractivity contribution in [3.05, 3.63) is 35.9 Å². The number of alkyl halides is 2. The maximum atomic E-state index is 13.6. The molecule has 1 aromatic carbocycles. The predicted molar refractivity (Wildman–Crippen MR) is 52.9 cm³/mol. The number of halogens is 2. The van der Waals surface area contributed by atoms with Gasteiger partial charge in [0, 0.05) is 0 Å². The van der Waals surface area contributed by atoms with Gasteiger partial charge in [-0.3, -0.25) is 4.79 Å². The van der Waals surface area contributed by atoms with E-state index in [4.69, 9.17) is 0 Å². The lowest BCUT2D eigenvalue weighted by Crippen LogP contribution is -2.15. The van der Waals surface area contributed by atoms with Gasteiger partial charge in [-0.15, -0.1) is 0 Å². The van der Waals surface area contributed by atoms with Gasteiger partial charge in [-0.2, -0.15) is 0 Å². The van der Waals surface area contributed by atoms with Crippen molar-refractivity contribution in [1.29, 1.82) is 0 Å². The van der Waals surface area contributed by atoms with Gasteiger partial charge in [0.15, 0.2) is 0 Å². The number of carbonyl (C=O) groups is 1. The summed E-state index contributed by atoms with van der Waals surface area (Å²) in [6.45, 7) is 2.57. The molecule has 2 atom stereocenters. The largest absolute Gasteiger partial charge is 0.299 e. The number of hydrogen-bond acceptors (Lipinski definition) is 1. The van der Waals surface area contributed by atoms with Crippen LogP contribution in [-0.4, -0.2) is 11.7 Å². The molecular formula is C12H12F2O. The average molecular weight is 210 g/mol. The van der Waals surface area contributed by atoms with Crippen molar-refractivity contribution in [3.63, 3.8) is 0 Å². The fourth-order valence-corrected chi connectivity index (χ4v) is 2.16. The summed E-state index contributed by atoms with van der Waals surface area (Å²) in [4.78, 5) is 11.2. The minimum absolute atomic E-state index is 0.443. The number of Topliss-reactive ketones (excluding diaryl/α,β-unsaturated/α-hetero) is 1. The maximum absolute atomic E-state index is 13.6. The monoisotopic (exact) mass is 210 g/mol. The number of hydrogen-bond donors (Lipinski definition) is 0. The minimum atomic E-state index is -2.90. The molecule has 2 rings (SSSR count). The average Bonchev–Trinajstić information content (AvgIpc) is 2.64. The van der Waals surface area contributed by atoms with Crippen molar-refractivity contribution in [2.45, 2.75) is 25.7 Å². The molecule has 1 nitrogen and oxygen atoms in total. The van der Waals surface area contributed by atoms with Gasteiger partial charge >= 0.3 is 0 Å². The highest BCUT2D eigenvalue weighted by Crippen LogP contribution is 2.71. The zero-order chi connectivity index (χ0) is 11.3. The van der Waals surface area contributed by atoms with Crippen LogP contribution in [0, 0.1) is 5.41 Å². The standard InChI is InChI=1S/C12H12F2O/c1-8(15)11(2)10(12(11,13)14)9-6-4-3-5-7-9/h3-7,10H,1-2H3/t10-,11+/m0/s1. The van der Waals surface area contributed by atoms with E-state index in [-0.39, 0.29) is 0 Å². The molecule has 1 aliphatic rings. The number of benzene rings is 1. The third-order valence-corrected chi connectivity index (χ3v) is 3.41. The van der Waals surface area contributed by atoms with Crippen molar-refractivity contribution in [2.24, 2.45) is 5.41 Å². The van der Waals surface area contributed by atoms with Gasteiger partial charge in [-0.1, -0.05) is 30.3 Å². The predicted octanol–water partition coefficient (Wildman–Crippen LogP) is 3.01. The second-order valence-corrected chi connectivity index (χ2v) is 4.23. The Bertz CT molecular complexity index is 399. The van der Waals surface area contributed by atoms with Gasteiger partial charge in [0.1, 0.15) is 11.2 Å². The van der Waals surface area contributed by atoms with Crippen LogP contribution in [0.3, 0.4) is 0 Å². The van der Waals surface area contributed by atoms with Crippen LogP contribution in [0.15, 0.2) is 30.3 Å². The summed E-state index contributed by atoms with van der Waals surface area (Å²) in [6, 6.07) is 8.49. The maximum Gasteiger partial charge on any atom is 0.268 e. The molecule has 0 bridgehead atoms. The van der Waals surface area contributed by atoms with Gasteiger partial charge in [0.25, 0.3) is 5.92 Å². The van der Waals surface area contributed by atoms with Crippen LogP contribution in [-0.2, 0) is 4.79 Å². The first-order valence-corrected chi connectivity index (χ1v) is 4.86. The molecule has 0 unspecified atom stereocenters. The molecule has 0 radical (unpaired) electrons. The van der Waals surface area contributed by atoms with E-state index in [2.05, 4.69) is 0 Å². The summed E-state index contributed by atoms with van der Waals surface area (Å²) in [5.41, 5.74) is -0.964. The molecule has 0 spiro atoms. The molecule has 3 heteroatoms. The van der Waals surface area contributed by atoms with Crippen LogP contribution in [0.5, 0.6) is 0 Å². The zero-order valence-electron chi connectivity index (χ0n) is 8.63. The van der Waals surface area contributed by atoms with Crippen molar-refractivity contribution in [1.82, 2.24) is 0 Å². The van der Waals surface area contributed by atoms with Crippen molar-refractivity contribution in [3.8, 4) is 0 Å². The number of carbonyl (C=O) groups excluding carboxylic acids is 1. The Morgan fingerprint density at radius 2 is 1.80 bits per heavy atom. The molecular weight excluding hydrogens is 198 g/mol. The summed E-state index contributed by atoms with van der Waals surface area (Å²) in [6.07, 6.45) is 0. The Labute approximate surface area is 87.1 Å². The highest BCUT2D eigenvalue weighted by atomic mass is 19.3. The van der Waals surface area contributed by atoms with E-state index < -0.39 is 23.0 Å². The Morgan fingerprint density at radius 1 is 1.27 bits per heavy atom. The summed E-state index contributed by atoms with van der Waals surface area (Å²) in [5.74, 6) is -4.30. The van der Waals surface area contributed by atoms with Crippen molar-refractivity contribution >= 4 is 5.78 Å². The normalized spacial score (nSPS) is 32.4. The van der Waals surface area contributed by atoms with Gasteiger partial charge in [0.2, 0.25) is 0 Å². The lowest BCUT2D eigenvalue weighted by molar-refractivity contribution is -0.124. The van der Waals surface area contributed by atoms with Crippen LogP contribution in [0.4, 0.5) is 8.78 Å². The first-order valence-electron chi connectivity index (χ1n) is 4.86. The van der Waals surface area contributed by atoms with Gasteiger partial charge in [-0.25, -0.2) is 8.78 Å². The second kappa shape index (κ2) is 2.87. The quantitative estimate of drug-likeness (QED) is 0.733. The molecule has 1 saturated carbocycles. The summed E-state index contributed by atoms with van der Waals surface area (Å²) >= 11 is 0. The van der Waals surface area contributed by atoms with Crippen LogP contribution in [0.2, 0.25) is 0 Å². The molecule has 0 amide bonds. The molecule has 80 valence electrons.